The highest BCUT2D eigenvalue weighted by Gasteiger charge is 2.52. The summed E-state index contributed by atoms with van der Waals surface area (Å²) in [6, 6.07) is 4.15. The van der Waals surface area contributed by atoms with Gasteiger partial charge in [0.1, 0.15) is 5.75 Å². The Morgan fingerprint density at radius 3 is 3.05 bits per heavy atom. The molecule has 19 heavy (non-hydrogen) atoms. The number of carbonyl (C=O) groups excluding carboxylic acids is 1. The number of halogens is 1. The summed E-state index contributed by atoms with van der Waals surface area (Å²) in [7, 11) is 0. The first-order valence-corrected chi connectivity index (χ1v) is 6.62. The molecule has 2 fully saturated rings. The molecule has 0 aromatic heterocycles. The predicted octanol–water partition coefficient (Wildman–Crippen LogP) is 0.890. The maximum absolute atomic E-state index is 12.1. The van der Waals surface area contributed by atoms with Gasteiger partial charge in [0.2, 0.25) is 0 Å². The summed E-state index contributed by atoms with van der Waals surface area (Å²) in [6.45, 7) is 0.709. The average Bonchev–Trinajstić information content (AvgIpc) is 2.83. The maximum atomic E-state index is 12.1. The molecule has 6 heteroatoms. The van der Waals surface area contributed by atoms with Crippen LogP contribution in [-0.2, 0) is 4.74 Å². The van der Waals surface area contributed by atoms with Gasteiger partial charge >= 0.3 is 0 Å². The van der Waals surface area contributed by atoms with Gasteiger partial charge in [0, 0.05) is 24.1 Å². The van der Waals surface area contributed by atoms with Crippen molar-refractivity contribution in [3.8, 4) is 5.75 Å². The fraction of sp³-hybridized carbons (Fsp3) is 0.462. The Morgan fingerprint density at radius 2 is 2.32 bits per heavy atom. The van der Waals surface area contributed by atoms with Crippen molar-refractivity contribution in [3.05, 3.63) is 28.8 Å². The first-order chi connectivity index (χ1) is 9.08. The maximum Gasteiger partial charge on any atom is 0.251 e. The number of ether oxygens (including phenoxy) is 1. The molecule has 1 heterocycles. The highest BCUT2D eigenvalue weighted by molar-refractivity contribution is 6.32. The molecule has 4 unspecified atom stereocenters. The first-order valence-electron chi connectivity index (χ1n) is 6.24. The van der Waals surface area contributed by atoms with Gasteiger partial charge in [-0.1, -0.05) is 11.6 Å². The van der Waals surface area contributed by atoms with E-state index in [1.54, 1.807) is 0 Å². The third kappa shape index (κ3) is 2.08. The lowest BCUT2D eigenvalue weighted by molar-refractivity contribution is -0.0161. The fourth-order valence-electron chi connectivity index (χ4n) is 2.81. The van der Waals surface area contributed by atoms with Crippen molar-refractivity contribution in [2.75, 3.05) is 6.61 Å². The molecule has 102 valence electrons. The van der Waals surface area contributed by atoms with Gasteiger partial charge in [-0.3, -0.25) is 4.79 Å². The molecule has 1 aromatic carbocycles. The van der Waals surface area contributed by atoms with Crippen molar-refractivity contribution in [1.82, 2.24) is 5.32 Å². The standard InChI is InChI=1S/C13H15ClN2O3/c14-8-5-6(1-2-9(8)17)13(18)16-11-10(15)7-3-4-19-12(7)11/h1-2,5,7,10-12,17H,3-4,15H2,(H,16,18). The Labute approximate surface area is 115 Å². The van der Waals surface area contributed by atoms with Crippen LogP contribution in [0.15, 0.2) is 18.2 Å². The summed E-state index contributed by atoms with van der Waals surface area (Å²) >= 11 is 5.78. The van der Waals surface area contributed by atoms with Gasteiger partial charge < -0.3 is 20.9 Å². The Hall–Kier alpha value is -1.30. The monoisotopic (exact) mass is 282 g/mol. The van der Waals surface area contributed by atoms with Gasteiger partial charge in [0.05, 0.1) is 17.2 Å². The predicted molar refractivity (Wildman–Crippen MR) is 70.2 cm³/mol. The largest absolute Gasteiger partial charge is 0.506 e. The lowest BCUT2D eigenvalue weighted by Crippen LogP contribution is -2.68. The third-order valence-electron chi connectivity index (χ3n) is 3.95. The summed E-state index contributed by atoms with van der Waals surface area (Å²) in [5.41, 5.74) is 6.43. The molecular weight excluding hydrogens is 268 g/mol. The molecule has 1 aliphatic carbocycles. The molecule has 3 rings (SSSR count). The molecule has 5 nitrogen and oxygen atoms in total. The number of aromatic hydroxyl groups is 1. The lowest BCUT2D eigenvalue weighted by atomic mass is 9.72. The molecule has 1 saturated carbocycles. The summed E-state index contributed by atoms with van der Waals surface area (Å²) in [5, 5.41) is 12.4. The second-order valence-electron chi connectivity index (χ2n) is 5.03. The van der Waals surface area contributed by atoms with E-state index in [9.17, 15) is 9.90 Å². The lowest BCUT2D eigenvalue weighted by Gasteiger charge is -2.45. The number of phenols is 1. The number of hydrogen-bond donors (Lipinski definition) is 3. The molecule has 1 amide bonds. The molecular formula is C13H15ClN2O3. The Bertz CT molecular complexity index is 523. The van der Waals surface area contributed by atoms with Crippen LogP contribution >= 0.6 is 11.6 Å². The van der Waals surface area contributed by atoms with E-state index in [1.807, 2.05) is 0 Å². The van der Waals surface area contributed by atoms with Gasteiger partial charge in [-0.15, -0.1) is 0 Å². The smallest absolute Gasteiger partial charge is 0.251 e. The number of hydrogen-bond acceptors (Lipinski definition) is 4. The zero-order valence-corrected chi connectivity index (χ0v) is 10.9. The van der Waals surface area contributed by atoms with Gasteiger partial charge in [0.25, 0.3) is 5.91 Å². The topological polar surface area (TPSA) is 84.6 Å². The number of amides is 1. The van der Waals surface area contributed by atoms with E-state index >= 15 is 0 Å². The van der Waals surface area contributed by atoms with Gasteiger partial charge in [0.15, 0.2) is 0 Å². The molecule has 0 bridgehead atoms. The number of carbonyl (C=O) groups is 1. The van der Waals surface area contributed by atoms with Crippen LogP contribution in [0.3, 0.4) is 0 Å². The number of phenolic OH excluding ortho intramolecular Hbond substituents is 1. The molecule has 4 N–H and O–H groups in total. The highest BCUT2D eigenvalue weighted by atomic mass is 35.5. The van der Waals surface area contributed by atoms with Crippen molar-refractivity contribution in [3.63, 3.8) is 0 Å². The van der Waals surface area contributed by atoms with Crippen molar-refractivity contribution in [1.29, 1.82) is 0 Å². The van der Waals surface area contributed by atoms with E-state index in [1.165, 1.54) is 18.2 Å². The second kappa shape index (κ2) is 4.67. The highest BCUT2D eigenvalue weighted by Crippen LogP contribution is 2.37. The van der Waals surface area contributed by atoms with Crippen molar-refractivity contribution in [2.24, 2.45) is 11.7 Å². The molecule has 0 radical (unpaired) electrons. The van der Waals surface area contributed by atoms with Crippen LogP contribution in [0.2, 0.25) is 5.02 Å². The van der Waals surface area contributed by atoms with Crippen molar-refractivity contribution < 1.29 is 14.6 Å². The van der Waals surface area contributed by atoms with Crippen molar-refractivity contribution in [2.45, 2.75) is 24.6 Å². The minimum atomic E-state index is -0.253. The zero-order valence-electron chi connectivity index (χ0n) is 10.2. The van der Waals surface area contributed by atoms with Crippen LogP contribution in [0.5, 0.6) is 5.75 Å². The van der Waals surface area contributed by atoms with Crippen LogP contribution in [-0.4, -0.2) is 35.8 Å². The van der Waals surface area contributed by atoms with Gasteiger partial charge in [-0.25, -0.2) is 0 Å². The summed E-state index contributed by atoms with van der Waals surface area (Å²) in [5.74, 6) is 0.0581. The number of benzene rings is 1. The van der Waals surface area contributed by atoms with E-state index in [0.29, 0.717) is 18.1 Å². The molecule has 1 aliphatic heterocycles. The van der Waals surface area contributed by atoms with Crippen LogP contribution in [0.1, 0.15) is 16.8 Å². The average molecular weight is 283 g/mol. The van der Waals surface area contributed by atoms with E-state index in [0.717, 1.165) is 6.42 Å². The van der Waals surface area contributed by atoms with E-state index in [-0.39, 0.29) is 34.9 Å². The van der Waals surface area contributed by atoms with E-state index in [4.69, 9.17) is 22.1 Å². The summed E-state index contributed by atoms with van der Waals surface area (Å²) < 4.78 is 5.55. The molecule has 1 aromatic rings. The van der Waals surface area contributed by atoms with E-state index in [2.05, 4.69) is 5.32 Å². The Morgan fingerprint density at radius 1 is 1.53 bits per heavy atom. The van der Waals surface area contributed by atoms with Crippen LogP contribution in [0, 0.1) is 5.92 Å². The van der Waals surface area contributed by atoms with Gasteiger partial charge in [-0.2, -0.15) is 0 Å². The second-order valence-corrected chi connectivity index (χ2v) is 5.44. The number of nitrogens with two attached hydrogens (primary N) is 1. The van der Waals surface area contributed by atoms with E-state index < -0.39 is 0 Å². The normalized spacial score (nSPS) is 32.5. The summed E-state index contributed by atoms with van der Waals surface area (Å²) in [4.78, 5) is 12.1. The van der Waals surface area contributed by atoms with Crippen LogP contribution in [0.4, 0.5) is 0 Å². The Kier molecular flexibility index (Phi) is 3.12. The fourth-order valence-corrected chi connectivity index (χ4v) is 2.99. The van der Waals surface area contributed by atoms with Crippen LogP contribution < -0.4 is 11.1 Å². The third-order valence-corrected chi connectivity index (χ3v) is 4.26. The minimum absolute atomic E-state index is 0.0338. The van der Waals surface area contributed by atoms with Gasteiger partial charge in [-0.05, 0) is 24.6 Å². The number of nitrogens with one attached hydrogen (secondary N) is 1. The SMILES string of the molecule is NC1C2CCOC2C1NC(=O)c1ccc(O)c(Cl)c1. The van der Waals surface area contributed by atoms with Crippen LogP contribution in [0.25, 0.3) is 0 Å². The quantitative estimate of drug-likeness (QED) is 0.752. The molecule has 4 atom stereocenters. The number of rotatable bonds is 2. The zero-order chi connectivity index (χ0) is 13.6. The molecule has 1 saturated heterocycles. The minimum Gasteiger partial charge on any atom is -0.506 e. The molecule has 2 aliphatic rings. The summed E-state index contributed by atoms with van der Waals surface area (Å²) in [6.07, 6.45) is 0.995. The first kappa shape index (κ1) is 12.7. The van der Waals surface area contributed by atoms with Crippen molar-refractivity contribution >= 4 is 17.5 Å². The number of fused-ring (bicyclic) bond motifs is 1. The molecule has 0 spiro atoms. The Balaban J connectivity index is 1.70.